The molecule has 1 aliphatic heterocycles. The van der Waals surface area contributed by atoms with Gasteiger partial charge in [0.1, 0.15) is 0 Å². The number of tetrazole rings is 1. The number of rotatable bonds is 2. The first kappa shape index (κ1) is 12.5. The lowest BCUT2D eigenvalue weighted by molar-refractivity contribution is -0.384. The highest BCUT2D eigenvalue weighted by Gasteiger charge is 2.28. The molecule has 1 aliphatic rings. The predicted octanol–water partition coefficient (Wildman–Crippen LogP) is 2.09. The van der Waals surface area contributed by atoms with Crippen LogP contribution >= 0.6 is 0 Å². The van der Waals surface area contributed by atoms with Gasteiger partial charge in [-0.1, -0.05) is 35.4 Å². The molecule has 0 radical (unpaired) electrons. The molecule has 2 heterocycles. The predicted molar refractivity (Wildman–Crippen MR) is 77.7 cm³/mol. The number of nitrogens with zero attached hydrogens (tertiary/aromatic N) is 5. The Morgan fingerprint density at radius 1 is 1.18 bits per heavy atom. The Labute approximate surface area is 124 Å². The minimum atomic E-state index is -0.427. The van der Waals surface area contributed by atoms with Gasteiger partial charge in [0.15, 0.2) is 0 Å². The van der Waals surface area contributed by atoms with Crippen molar-refractivity contribution in [1.82, 2.24) is 20.2 Å². The number of benzene rings is 2. The van der Waals surface area contributed by atoms with Crippen LogP contribution in [0.25, 0.3) is 5.69 Å². The van der Waals surface area contributed by atoms with E-state index in [0.29, 0.717) is 11.6 Å². The average molecular weight is 294 g/mol. The zero-order valence-electron chi connectivity index (χ0n) is 11.2. The number of anilines is 1. The molecule has 1 N–H and O–H groups in total. The van der Waals surface area contributed by atoms with Crippen molar-refractivity contribution in [3.63, 3.8) is 0 Å². The Morgan fingerprint density at radius 2 is 2.00 bits per heavy atom. The summed E-state index contributed by atoms with van der Waals surface area (Å²) >= 11 is 0. The molecule has 0 aliphatic carbocycles. The van der Waals surface area contributed by atoms with Gasteiger partial charge in [-0.05, 0) is 22.1 Å². The molecule has 0 amide bonds. The Balaban J connectivity index is 1.93. The van der Waals surface area contributed by atoms with Gasteiger partial charge in [0.25, 0.3) is 5.69 Å². The normalized spacial score (nSPS) is 15.5. The fraction of sp³-hybridized carbons (Fsp3) is 0.0714. The SMILES string of the molecule is O=[N+]([O-])c1ccc2c(c1)-n1nnnc1NC2c1ccccc1. The second-order valence-electron chi connectivity index (χ2n) is 4.90. The summed E-state index contributed by atoms with van der Waals surface area (Å²) in [7, 11) is 0. The second-order valence-corrected chi connectivity index (χ2v) is 4.90. The maximum Gasteiger partial charge on any atom is 0.271 e. The van der Waals surface area contributed by atoms with E-state index in [9.17, 15) is 10.1 Å². The molecule has 8 heteroatoms. The van der Waals surface area contributed by atoms with Crippen molar-refractivity contribution in [3.05, 3.63) is 69.8 Å². The van der Waals surface area contributed by atoms with Crippen LogP contribution in [0.4, 0.5) is 11.6 Å². The van der Waals surface area contributed by atoms with E-state index < -0.39 is 4.92 Å². The number of hydrogen-bond donors (Lipinski definition) is 1. The van der Waals surface area contributed by atoms with Crippen molar-refractivity contribution in [2.45, 2.75) is 6.04 Å². The molecule has 108 valence electrons. The highest BCUT2D eigenvalue weighted by molar-refractivity contribution is 5.60. The maximum absolute atomic E-state index is 11.0. The summed E-state index contributed by atoms with van der Waals surface area (Å²) in [6.07, 6.45) is 0. The lowest BCUT2D eigenvalue weighted by atomic mass is 9.95. The molecule has 0 saturated carbocycles. The third-order valence-electron chi connectivity index (χ3n) is 3.64. The van der Waals surface area contributed by atoms with Gasteiger partial charge in [0, 0.05) is 17.7 Å². The van der Waals surface area contributed by atoms with Gasteiger partial charge in [0.2, 0.25) is 5.95 Å². The molecule has 8 nitrogen and oxygen atoms in total. The van der Waals surface area contributed by atoms with Crippen LogP contribution in [0.5, 0.6) is 0 Å². The van der Waals surface area contributed by atoms with Crippen molar-refractivity contribution in [2.24, 2.45) is 0 Å². The smallest absolute Gasteiger partial charge is 0.271 e. The number of hydrogen-bond acceptors (Lipinski definition) is 6. The van der Waals surface area contributed by atoms with Crippen molar-refractivity contribution in [2.75, 3.05) is 5.32 Å². The van der Waals surface area contributed by atoms with E-state index in [4.69, 9.17) is 0 Å². The number of fused-ring (bicyclic) bond motifs is 3. The molecule has 4 rings (SSSR count). The molecule has 0 saturated heterocycles. The molecule has 2 aromatic carbocycles. The van der Waals surface area contributed by atoms with E-state index in [2.05, 4.69) is 20.8 Å². The first-order valence-electron chi connectivity index (χ1n) is 6.62. The number of nitro benzene ring substituents is 1. The molecule has 22 heavy (non-hydrogen) atoms. The Bertz CT molecular complexity index is 861. The zero-order valence-corrected chi connectivity index (χ0v) is 11.2. The van der Waals surface area contributed by atoms with Crippen LogP contribution in [0.3, 0.4) is 0 Å². The first-order chi connectivity index (χ1) is 10.7. The van der Waals surface area contributed by atoms with Crippen molar-refractivity contribution >= 4 is 11.6 Å². The van der Waals surface area contributed by atoms with Crippen LogP contribution in [0.2, 0.25) is 0 Å². The molecule has 0 bridgehead atoms. The van der Waals surface area contributed by atoms with Crippen LogP contribution in [0, 0.1) is 10.1 Å². The Hall–Kier alpha value is -3.29. The Kier molecular flexibility index (Phi) is 2.62. The summed E-state index contributed by atoms with van der Waals surface area (Å²) in [4.78, 5) is 10.6. The largest absolute Gasteiger partial charge is 0.342 e. The number of nitro groups is 1. The van der Waals surface area contributed by atoms with Crippen molar-refractivity contribution < 1.29 is 4.92 Å². The third kappa shape index (κ3) is 1.81. The van der Waals surface area contributed by atoms with Gasteiger partial charge in [-0.2, -0.15) is 4.68 Å². The monoisotopic (exact) mass is 294 g/mol. The van der Waals surface area contributed by atoms with Gasteiger partial charge < -0.3 is 5.32 Å². The molecular weight excluding hydrogens is 284 g/mol. The van der Waals surface area contributed by atoms with E-state index >= 15 is 0 Å². The summed E-state index contributed by atoms with van der Waals surface area (Å²) in [5, 5.41) is 25.7. The Morgan fingerprint density at radius 3 is 2.77 bits per heavy atom. The van der Waals surface area contributed by atoms with E-state index in [1.54, 1.807) is 6.07 Å². The molecule has 1 aromatic heterocycles. The van der Waals surface area contributed by atoms with Gasteiger partial charge in [-0.25, -0.2) is 0 Å². The summed E-state index contributed by atoms with van der Waals surface area (Å²) in [5.74, 6) is 0.460. The molecule has 0 fully saturated rings. The molecule has 1 atom stereocenters. The maximum atomic E-state index is 11.0. The number of aromatic nitrogens is 4. The summed E-state index contributed by atoms with van der Waals surface area (Å²) < 4.78 is 1.47. The quantitative estimate of drug-likeness (QED) is 0.574. The minimum absolute atomic E-state index is 0.00825. The molecule has 1 unspecified atom stereocenters. The fourth-order valence-corrected chi connectivity index (χ4v) is 2.63. The zero-order chi connectivity index (χ0) is 15.1. The summed E-state index contributed by atoms with van der Waals surface area (Å²) in [6.45, 7) is 0. The average Bonchev–Trinajstić information content (AvgIpc) is 3.03. The van der Waals surface area contributed by atoms with E-state index in [1.807, 2.05) is 30.3 Å². The van der Waals surface area contributed by atoms with Crippen LogP contribution in [-0.4, -0.2) is 25.1 Å². The lowest BCUT2D eigenvalue weighted by Crippen LogP contribution is -2.23. The second kappa shape index (κ2) is 4.62. The van der Waals surface area contributed by atoms with Crippen LogP contribution in [0.15, 0.2) is 48.5 Å². The van der Waals surface area contributed by atoms with E-state index in [1.165, 1.54) is 16.8 Å². The third-order valence-corrected chi connectivity index (χ3v) is 3.64. The van der Waals surface area contributed by atoms with Gasteiger partial charge in [-0.3, -0.25) is 10.1 Å². The molecule has 0 spiro atoms. The van der Waals surface area contributed by atoms with Crippen LogP contribution < -0.4 is 5.32 Å². The standard InChI is InChI=1S/C14H10N6O2/c21-20(22)10-6-7-11-12(8-10)19-14(16-17-18-19)15-13(11)9-4-2-1-3-5-9/h1-8,13H,(H,15,16,18). The molecular formula is C14H10N6O2. The lowest BCUT2D eigenvalue weighted by Gasteiger charge is -2.26. The van der Waals surface area contributed by atoms with E-state index in [-0.39, 0.29) is 11.7 Å². The number of nitrogens with one attached hydrogen (secondary N) is 1. The number of non-ortho nitro benzene ring substituents is 1. The van der Waals surface area contributed by atoms with Gasteiger partial charge >= 0.3 is 0 Å². The van der Waals surface area contributed by atoms with Gasteiger partial charge in [-0.15, -0.1) is 0 Å². The summed E-state index contributed by atoms with van der Waals surface area (Å²) in [5.41, 5.74) is 2.54. The molecule has 3 aromatic rings. The van der Waals surface area contributed by atoms with Crippen molar-refractivity contribution in [3.8, 4) is 5.69 Å². The topological polar surface area (TPSA) is 98.8 Å². The first-order valence-corrected chi connectivity index (χ1v) is 6.62. The minimum Gasteiger partial charge on any atom is -0.342 e. The highest BCUT2D eigenvalue weighted by atomic mass is 16.6. The van der Waals surface area contributed by atoms with Crippen LogP contribution in [0.1, 0.15) is 17.2 Å². The van der Waals surface area contributed by atoms with E-state index in [0.717, 1.165) is 11.1 Å². The van der Waals surface area contributed by atoms with Crippen molar-refractivity contribution in [1.29, 1.82) is 0 Å². The summed E-state index contributed by atoms with van der Waals surface area (Å²) in [6, 6.07) is 14.4. The fourth-order valence-electron chi connectivity index (χ4n) is 2.63. The van der Waals surface area contributed by atoms with Gasteiger partial charge in [0.05, 0.1) is 16.7 Å². The highest BCUT2D eigenvalue weighted by Crippen LogP contribution is 2.36. The van der Waals surface area contributed by atoms with Crippen LogP contribution in [-0.2, 0) is 0 Å².